The zero-order valence-electron chi connectivity index (χ0n) is 7.61. The topological polar surface area (TPSA) is 34.9 Å². The molecular weight excluding hydrogens is 164 g/mol. The molecule has 0 radical (unpaired) electrons. The molecule has 0 aliphatic rings. The lowest BCUT2D eigenvalue weighted by atomic mass is 10.1. The van der Waals surface area contributed by atoms with Gasteiger partial charge in [0.15, 0.2) is 6.29 Å². The van der Waals surface area contributed by atoms with E-state index in [0.717, 1.165) is 22.9 Å². The minimum atomic E-state index is 0.711. The van der Waals surface area contributed by atoms with Crippen LogP contribution in [-0.2, 0) is 7.05 Å². The summed E-state index contributed by atoms with van der Waals surface area (Å²) < 4.78 is 1.79. The number of hydrogen-bond donors (Lipinski definition) is 0. The van der Waals surface area contributed by atoms with Crippen molar-refractivity contribution >= 4 is 17.2 Å². The Morgan fingerprint density at radius 2 is 2.23 bits per heavy atom. The molecule has 0 saturated carbocycles. The number of rotatable bonds is 1. The summed E-state index contributed by atoms with van der Waals surface area (Å²) in [6.07, 6.45) is 0.872. The van der Waals surface area contributed by atoms with Crippen molar-refractivity contribution < 1.29 is 4.79 Å². The van der Waals surface area contributed by atoms with E-state index >= 15 is 0 Å². The number of carbonyl (C=O) groups excluding carboxylic acids is 1. The van der Waals surface area contributed by atoms with E-state index < -0.39 is 0 Å². The van der Waals surface area contributed by atoms with Crippen molar-refractivity contribution in [2.45, 2.75) is 6.92 Å². The average Bonchev–Trinajstić information content (AvgIpc) is 2.43. The van der Waals surface area contributed by atoms with Crippen molar-refractivity contribution in [3.8, 4) is 0 Å². The van der Waals surface area contributed by atoms with Gasteiger partial charge in [0.25, 0.3) is 0 Å². The maximum atomic E-state index is 10.7. The zero-order valence-corrected chi connectivity index (χ0v) is 7.61. The SMILES string of the molecule is Cc1nn(C)c2cccc(C=O)c12. The van der Waals surface area contributed by atoms with Crippen molar-refractivity contribution in [2.75, 3.05) is 0 Å². The monoisotopic (exact) mass is 174 g/mol. The molecule has 1 aromatic heterocycles. The number of benzene rings is 1. The predicted octanol–water partition coefficient (Wildman–Crippen LogP) is 1.69. The predicted molar refractivity (Wildman–Crippen MR) is 50.8 cm³/mol. The highest BCUT2D eigenvalue weighted by atomic mass is 16.1. The maximum Gasteiger partial charge on any atom is 0.150 e. The summed E-state index contributed by atoms with van der Waals surface area (Å²) in [5.74, 6) is 0. The van der Waals surface area contributed by atoms with Gasteiger partial charge in [-0.15, -0.1) is 0 Å². The van der Waals surface area contributed by atoms with Crippen LogP contribution in [0.3, 0.4) is 0 Å². The molecule has 0 amide bonds. The molecule has 0 spiro atoms. The molecule has 0 bridgehead atoms. The summed E-state index contributed by atoms with van der Waals surface area (Å²) in [4.78, 5) is 10.7. The van der Waals surface area contributed by atoms with Gasteiger partial charge in [-0.2, -0.15) is 5.10 Å². The molecule has 0 atom stereocenters. The lowest BCUT2D eigenvalue weighted by molar-refractivity contribution is 0.112. The van der Waals surface area contributed by atoms with Crippen LogP contribution in [0.5, 0.6) is 0 Å². The number of carbonyl (C=O) groups is 1. The van der Waals surface area contributed by atoms with Crippen molar-refractivity contribution in [2.24, 2.45) is 7.05 Å². The molecular formula is C10H10N2O. The summed E-state index contributed by atoms with van der Waals surface area (Å²) in [5, 5.41) is 5.21. The van der Waals surface area contributed by atoms with E-state index in [9.17, 15) is 4.79 Å². The third kappa shape index (κ3) is 1.04. The summed E-state index contributed by atoms with van der Waals surface area (Å²) in [6, 6.07) is 5.64. The normalized spacial score (nSPS) is 10.6. The van der Waals surface area contributed by atoms with Gasteiger partial charge in [-0.25, -0.2) is 0 Å². The fourth-order valence-corrected chi connectivity index (χ4v) is 1.65. The Bertz CT molecular complexity index is 471. The average molecular weight is 174 g/mol. The van der Waals surface area contributed by atoms with Gasteiger partial charge in [-0.05, 0) is 13.0 Å². The molecule has 0 N–H and O–H groups in total. The first-order chi connectivity index (χ1) is 6.24. The standard InChI is InChI=1S/C10H10N2O/c1-7-10-8(6-13)4-3-5-9(10)12(2)11-7/h3-6H,1-2H3. The first-order valence-electron chi connectivity index (χ1n) is 4.11. The third-order valence-corrected chi connectivity index (χ3v) is 2.21. The van der Waals surface area contributed by atoms with Crippen LogP contribution in [0.4, 0.5) is 0 Å². The molecule has 66 valence electrons. The molecule has 1 heterocycles. The van der Waals surface area contributed by atoms with Crippen LogP contribution in [-0.4, -0.2) is 16.1 Å². The first kappa shape index (κ1) is 7.98. The van der Waals surface area contributed by atoms with Gasteiger partial charge < -0.3 is 0 Å². The summed E-state index contributed by atoms with van der Waals surface area (Å²) >= 11 is 0. The molecule has 13 heavy (non-hydrogen) atoms. The van der Waals surface area contributed by atoms with Gasteiger partial charge in [0, 0.05) is 18.0 Å². The van der Waals surface area contributed by atoms with Gasteiger partial charge in [0.05, 0.1) is 11.2 Å². The number of aldehydes is 1. The van der Waals surface area contributed by atoms with Gasteiger partial charge >= 0.3 is 0 Å². The van der Waals surface area contributed by atoms with Gasteiger partial charge in [-0.3, -0.25) is 9.48 Å². The van der Waals surface area contributed by atoms with Crippen molar-refractivity contribution in [1.29, 1.82) is 0 Å². The second kappa shape index (κ2) is 2.69. The smallest absolute Gasteiger partial charge is 0.150 e. The van der Waals surface area contributed by atoms with E-state index in [-0.39, 0.29) is 0 Å². The van der Waals surface area contributed by atoms with Crippen LogP contribution in [0.25, 0.3) is 10.9 Å². The van der Waals surface area contributed by atoms with Crippen LogP contribution >= 0.6 is 0 Å². The van der Waals surface area contributed by atoms with Crippen LogP contribution in [0.1, 0.15) is 16.1 Å². The molecule has 0 aliphatic carbocycles. The summed E-state index contributed by atoms with van der Waals surface area (Å²) in [6.45, 7) is 1.91. The maximum absolute atomic E-state index is 10.7. The molecule has 1 aromatic carbocycles. The van der Waals surface area contributed by atoms with Crippen molar-refractivity contribution in [3.05, 3.63) is 29.5 Å². The van der Waals surface area contributed by atoms with Gasteiger partial charge in [0.1, 0.15) is 0 Å². The van der Waals surface area contributed by atoms with Crippen molar-refractivity contribution in [1.82, 2.24) is 9.78 Å². The number of hydrogen-bond acceptors (Lipinski definition) is 2. The van der Waals surface area contributed by atoms with Crippen LogP contribution in [0, 0.1) is 6.92 Å². The molecule has 0 unspecified atom stereocenters. The highest BCUT2D eigenvalue weighted by Crippen LogP contribution is 2.20. The highest BCUT2D eigenvalue weighted by Gasteiger charge is 2.07. The fraction of sp³-hybridized carbons (Fsp3) is 0.200. The molecule has 2 aromatic rings. The van der Waals surface area contributed by atoms with E-state index in [1.54, 1.807) is 4.68 Å². The Kier molecular flexibility index (Phi) is 1.65. The van der Waals surface area contributed by atoms with E-state index in [2.05, 4.69) is 5.10 Å². The zero-order chi connectivity index (χ0) is 9.42. The largest absolute Gasteiger partial charge is 0.298 e. The third-order valence-electron chi connectivity index (χ3n) is 2.21. The number of nitrogens with zero attached hydrogens (tertiary/aromatic N) is 2. The van der Waals surface area contributed by atoms with E-state index in [1.807, 2.05) is 32.2 Å². The Labute approximate surface area is 76.0 Å². The molecule has 0 fully saturated rings. The lowest BCUT2D eigenvalue weighted by Crippen LogP contribution is -1.89. The van der Waals surface area contributed by atoms with E-state index in [4.69, 9.17) is 0 Å². The Balaban J connectivity index is 2.96. The Morgan fingerprint density at radius 1 is 1.46 bits per heavy atom. The molecule has 0 saturated heterocycles. The van der Waals surface area contributed by atoms with Crippen molar-refractivity contribution in [3.63, 3.8) is 0 Å². The number of fused-ring (bicyclic) bond motifs is 1. The molecule has 2 rings (SSSR count). The Hall–Kier alpha value is -1.64. The van der Waals surface area contributed by atoms with Crippen LogP contribution < -0.4 is 0 Å². The van der Waals surface area contributed by atoms with Gasteiger partial charge in [-0.1, -0.05) is 12.1 Å². The second-order valence-corrected chi connectivity index (χ2v) is 3.07. The number of aryl methyl sites for hydroxylation is 2. The lowest BCUT2D eigenvalue weighted by Gasteiger charge is -1.95. The Morgan fingerprint density at radius 3 is 2.92 bits per heavy atom. The van der Waals surface area contributed by atoms with E-state index in [0.29, 0.717) is 5.56 Å². The summed E-state index contributed by atoms with van der Waals surface area (Å²) in [5.41, 5.74) is 2.62. The minimum Gasteiger partial charge on any atom is -0.298 e. The summed E-state index contributed by atoms with van der Waals surface area (Å²) in [7, 11) is 1.88. The quantitative estimate of drug-likeness (QED) is 0.617. The van der Waals surface area contributed by atoms with Crippen LogP contribution in [0.15, 0.2) is 18.2 Å². The molecule has 3 heteroatoms. The molecule has 3 nitrogen and oxygen atoms in total. The molecule has 0 aliphatic heterocycles. The number of aromatic nitrogens is 2. The highest BCUT2D eigenvalue weighted by molar-refractivity contribution is 5.98. The van der Waals surface area contributed by atoms with Crippen LogP contribution in [0.2, 0.25) is 0 Å². The van der Waals surface area contributed by atoms with E-state index in [1.165, 1.54) is 0 Å². The fourth-order valence-electron chi connectivity index (χ4n) is 1.65. The second-order valence-electron chi connectivity index (χ2n) is 3.07. The minimum absolute atomic E-state index is 0.711. The van der Waals surface area contributed by atoms with Gasteiger partial charge in [0.2, 0.25) is 0 Å². The first-order valence-corrected chi connectivity index (χ1v) is 4.11.